The Hall–Kier alpha value is -2.41. The number of hydrogen-bond donors (Lipinski definition) is 2. The number of hydrogen-bond acceptors (Lipinski definition) is 4. The van der Waals surface area contributed by atoms with Gasteiger partial charge in [-0.2, -0.15) is 0 Å². The van der Waals surface area contributed by atoms with Crippen LogP contribution in [0.15, 0.2) is 47.8 Å². The van der Waals surface area contributed by atoms with E-state index in [4.69, 9.17) is 23.2 Å². The molecule has 5 nitrogen and oxygen atoms in total. The third-order valence-electron chi connectivity index (χ3n) is 4.50. The number of anilines is 1. The van der Waals surface area contributed by atoms with E-state index in [0.717, 1.165) is 11.1 Å². The Balaban J connectivity index is 1.71. The van der Waals surface area contributed by atoms with Gasteiger partial charge in [0.25, 0.3) is 5.91 Å². The lowest BCUT2D eigenvalue weighted by Crippen LogP contribution is -2.47. The molecule has 2 aromatic carbocycles. The van der Waals surface area contributed by atoms with E-state index in [0.29, 0.717) is 26.4 Å². The molecule has 0 bridgehead atoms. The van der Waals surface area contributed by atoms with Gasteiger partial charge in [0.05, 0.1) is 15.7 Å². The van der Waals surface area contributed by atoms with Gasteiger partial charge in [-0.1, -0.05) is 60.8 Å². The van der Waals surface area contributed by atoms with E-state index in [1.54, 1.807) is 24.3 Å². The predicted octanol–water partition coefficient (Wildman–Crippen LogP) is 5.82. The third kappa shape index (κ3) is 5.39. The van der Waals surface area contributed by atoms with Crippen LogP contribution in [0, 0.1) is 12.8 Å². The number of nitrogens with one attached hydrogen (secondary N) is 2. The van der Waals surface area contributed by atoms with Crippen molar-refractivity contribution in [2.45, 2.75) is 26.8 Å². The molecule has 2 amide bonds. The zero-order valence-corrected chi connectivity index (χ0v) is 19.0. The van der Waals surface area contributed by atoms with Crippen molar-refractivity contribution in [2.24, 2.45) is 5.92 Å². The Bertz CT molecular complexity index is 1060. The van der Waals surface area contributed by atoms with Crippen LogP contribution in [-0.2, 0) is 4.79 Å². The molecule has 0 saturated carbocycles. The van der Waals surface area contributed by atoms with Crippen LogP contribution < -0.4 is 10.6 Å². The number of carbonyl (C=O) groups is 2. The predicted molar refractivity (Wildman–Crippen MR) is 123 cm³/mol. The summed E-state index contributed by atoms with van der Waals surface area (Å²) in [6.45, 7) is 5.71. The summed E-state index contributed by atoms with van der Waals surface area (Å²) in [4.78, 5) is 29.8. The Labute approximate surface area is 189 Å². The first-order valence-electron chi connectivity index (χ1n) is 9.34. The Kier molecular flexibility index (Phi) is 7.13. The second-order valence-corrected chi connectivity index (χ2v) is 8.89. The molecule has 3 rings (SSSR count). The SMILES string of the molecule is Cc1ccc(C(=O)N[C@@H](C(=O)Nc2nc(-c3ccc(Cl)c(Cl)c3)cs2)C(C)C)cc1. The monoisotopic (exact) mass is 461 g/mol. The number of benzene rings is 2. The molecule has 0 aliphatic rings. The number of thiazole rings is 1. The molecule has 0 aliphatic heterocycles. The van der Waals surface area contributed by atoms with Gasteiger partial charge in [0.15, 0.2) is 5.13 Å². The largest absolute Gasteiger partial charge is 0.340 e. The van der Waals surface area contributed by atoms with Crippen LogP contribution in [0.2, 0.25) is 10.0 Å². The van der Waals surface area contributed by atoms with Gasteiger partial charge in [0.2, 0.25) is 5.91 Å². The van der Waals surface area contributed by atoms with Crippen LogP contribution in [0.3, 0.4) is 0 Å². The summed E-state index contributed by atoms with van der Waals surface area (Å²) in [5.74, 6) is -0.714. The van der Waals surface area contributed by atoms with Crippen molar-refractivity contribution in [2.75, 3.05) is 5.32 Å². The fourth-order valence-corrected chi connectivity index (χ4v) is 3.79. The van der Waals surface area contributed by atoms with Gasteiger partial charge < -0.3 is 10.6 Å². The van der Waals surface area contributed by atoms with E-state index >= 15 is 0 Å². The van der Waals surface area contributed by atoms with Crippen molar-refractivity contribution in [3.8, 4) is 11.3 Å². The number of amides is 2. The molecule has 0 spiro atoms. The average Bonchev–Trinajstić information content (AvgIpc) is 3.16. The minimum absolute atomic E-state index is 0.103. The number of carbonyl (C=O) groups excluding carboxylic acids is 2. The lowest BCUT2D eigenvalue weighted by atomic mass is 10.0. The van der Waals surface area contributed by atoms with Crippen LogP contribution >= 0.6 is 34.5 Å². The number of rotatable bonds is 6. The summed E-state index contributed by atoms with van der Waals surface area (Å²) in [6.07, 6.45) is 0. The topological polar surface area (TPSA) is 71.1 Å². The van der Waals surface area contributed by atoms with Gasteiger partial charge >= 0.3 is 0 Å². The molecular formula is C22H21Cl2N3O2S. The van der Waals surface area contributed by atoms with Gasteiger partial charge in [0, 0.05) is 16.5 Å². The molecule has 1 aromatic heterocycles. The van der Waals surface area contributed by atoms with Gasteiger partial charge in [0.1, 0.15) is 6.04 Å². The number of aromatic nitrogens is 1. The Morgan fingerprint density at radius 1 is 1.03 bits per heavy atom. The highest BCUT2D eigenvalue weighted by Gasteiger charge is 2.25. The van der Waals surface area contributed by atoms with Crippen LogP contribution in [0.4, 0.5) is 5.13 Å². The highest BCUT2D eigenvalue weighted by molar-refractivity contribution is 7.14. The van der Waals surface area contributed by atoms with E-state index in [1.807, 2.05) is 44.4 Å². The number of halogens is 2. The fourth-order valence-electron chi connectivity index (χ4n) is 2.77. The molecule has 0 aliphatic carbocycles. The average molecular weight is 462 g/mol. The fraction of sp³-hybridized carbons (Fsp3) is 0.227. The van der Waals surface area contributed by atoms with Crippen LogP contribution in [-0.4, -0.2) is 22.8 Å². The van der Waals surface area contributed by atoms with Gasteiger partial charge in [-0.15, -0.1) is 11.3 Å². The number of aryl methyl sites for hydroxylation is 1. The molecule has 0 unspecified atom stereocenters. The summed E-state index contributed by atoms with van der Waals surface area (Å²) >= 11 is 13.3. The summed E-state index contributed by atoms with van der Waals surface area (Å²) < 4.78 is 0. The zero-order valence-electron chi connectivity index (χ0n) is 16.7. The van der Waals surface area contributed by atoms with E-state index in [1.165, 1.54) is 11.3 Å². The van der Waals surface area contributed by atoms with E-state index in [2.05, 4.69) is 15.6 Å². The molecule has 3 aromatic rings. The number of nitrogens with zero attached hydrogens (tertiary/aromatic N) is 1. The van der Waals surface area contributed by atoms with Crippen molar-refractivity contribution in [1.29, 1.82) is 0 Å². The van der Waals surface area contributed by atoms with Crippen molar-refractivity contribution < 1.29 is 9.59 Å². The lowest BCUT2D eigenvalue weighted by Gasteiger charge is -2.21. The van der Waals surface area contributed by atoms with Gasteiger partial charge in [-0.05, 0) is 37.1 Å². The van der Waals surface area contributed by atoms with Crippen LogP contribution in [0.1, 0.15) is 29.8 Å². The lowest BCUT2D eigenvalue weighted by molar-refractivity contribution is -0.118. The quantitative estimate of drug-likeness (QED) is 0.485. The molecule has 0 radical (unpaired) electrons. The van der Waals surface area contributed by atoms with Gasteiger partial charge in [-0.3, -0.25) is 9.59 Å². The maximum Gasteiger partial charge on any atom is 0.251 e. The molecule has 30 heavy (non-hydrogen) atoms. The van der Waals surface area contributed by atoms with Crippen molar-refractivity contribution in [3.63, 3.8) is 0 Å². The second kappa shape index (κ2) is 9.60. The zero-order chi connectivity index (χ0) is 21.8. The molecule has 0 saturated heterocycles. The highest BCUT2D eigenvalue weighted by atomic mass is 35.5. The van der Waals surface area contributed by atoms with E-state index < -0.39 is 6.04 Å². The summed E-state index contributed by atoms with van der Waals surface area (Å²) in [7, 11) is 0. The first kappa shape index (κ1) is 22.3. The minimum atomic E-state index is -0.698. The molecule has 2 N–H and O–H groups in total. The second-order valence-electron chi connectivity index (χ2n) is 7.22. The molecule has 156 valence electrons. The van der Waals surface area contributed by atoms with E-state index in [9.17, 15) is 9.59 Å². The minimum Gasteiger partial charge on any atom is -0.340 e. The third-order valence-corrected chi connectivity index (χ3v) is 6.00. The van der Waals surface area contributed by atoms with Crippen LogP contribution in [0.25, 0.3) is 11.3 Å². The molecule has 1 heterocycles. The normalized spacial score (nSPS) is 11.9. The maximum atomic E-state index is 12.8. The standard InChI is InChI=1S/C22H21Cl2N3O2S/c1-12(2)19(26-20(28)14-6-4-13(3)5-7-14)21(29)27-22-25-18(11-30-22)15-8-9-16(23)17(24)10-15/h4-12,19H,1-3H3,(H,26,28)(H,25,27,29)/t19-/m1/s1. The maximum absolute atomic E-state index is 12.8. The molecule has 1 atom stereocenters. The highest BCUT2D eigenvalue weighted by Crippen LogP contribution is 2.30. The van der Waals surface area contributed by atoms with Crippen molar-refractivity contribution in [1.82, 2.24) is 10.3 Å². The molecule has 8 heteroatoms. The first-order valence-corrected chi connectivity index (χ1v) is 11.0. The smallest absolute Gasteiger partial charge is 0.251 e. The Morgan fingerprint density at radius 2 is 1.73 bits per heavy atom. The van der Waals surface area contributed by atoms with Crippen LogP contribution in [0.5, 0.6) is 0 Å². The first-order chi connectivity index (χ1) is 14.2. The summed E-state index contributed by atoms with van der Waals surface area (Å²) in [5.41, 5.74) is 3.05. The van der Waals surface area contributed by atoms with Crippen molar-refractivity contribution >= 4 is 51.5 Å². The summed E-state index contributed by atoms with van der Waals surface area (Å²) in [6, 6.07) is 11.7. The van der Waals surface area contributed by atoms with Crippen molar-refractivity contribution in [3.05, 3.63) is 69.0 Å². The Morgan fingerprint density at radius 3 is 2.37 bits per heavy atom. The van der Waals surface area contributed by atoms with E-state index in [-0.39, 0.29) is 17.7 Å². The summed E-state index contributed by atoms with van der Waals surface area (Å²) in [5, 5.41) is 8.79. The van der Waals surface area contributed by atoms with Gasteiger partial charge in [-0.25, -0.2) is 4.98 Å². The molecular weight excluding hydrogens is 441 g/mol. The molecule has 0 fully saturated rings.